The van der Waals surface area contributed by atoms with Crippen LogP contribution in [-0.4, -0.2) is 21.4 Å². The topological polar surface area (TPSA) is 76.0 Å². The number of imidazole rings is 1. The summed E-state index contributed by atoms with van der Waals surface area (Å²) in [5.41, 5.74) is 4.72. The summed E-state index contributed by atoms with van der Waals surface area (Å²) in [6.45, 7) is 4.63. The lowest BCUT2D eigenvalue weighted by Gasteiger charge is -2.17. The number of aromatic nitrogens is 2. The first-order valence-electron chi connectivity index (χ1n) is 9.87. The standard InChI is InChI=1S/C23H24N4O2/c1-15-10-12-17(13-11-15)24-23(29)21-26-20(19-9-5-6-14-27(19)21)22(28)25-18-8-4-3-7-16(18)2/h3-4,7-8,10-13H,5-6,9,14H2,1-2H3,(H,24,29)(H,25,28). The van der Waals surface area contributed by atoms with Crippen molar-refractivity contribution in [1.82, 2.24) is 9.55 Å². The van der Waals surface area contributed by atoms with Gasteiger partial charge in [-0.25, -0.2) is 4.98 Å². The summed E-state index contributed by atoms with van der Waals surface area (Å²) in [6, 6.07) is 15.2. The van der Waals surface area contributed by atoms with E-state index in [1.807, 2.05) is 66.9 Å². The van der Waals surface area contributed by atoms with Crippen LogP contribution >= 0.6 is 0 Å². The lowest BCUT2D eigenvalue weighted by Crippen LogP contribution is -2.21. The number of fused-ring (bicyclic) bond motifs is 1. The highest BCUT2D eigenvalue weighted by molar-refractivity contribution is 6.07. The Kier molecular flexibility index (Phi) is 5.16. The number of anilines is 2. The molecule has 1 aliphatic heterocycles. The van der Waals surface area contributed by atoms with Gasteiger partial charge in [0.1, 0.15) is 0 Å². The number of aryl methyl sites for hydroxylation is 2. The summed E-state index contributed by atoms with van der Waals surface area (Å²) in [5, 5.41) is 5.83. The van der Waals surface area contributed by atoms with E-state index in [1.54, 1.807) is 0 Å². The highest BCUT2D eigenvalue weighted by Crippen LogP contribution is 2.23. The molecule has 2 aromatic carbocycles. The predicted octanol–water partition coefficient (Wildman–Crippen LogP) is 4.34. The van der Waals surface area contributed by atoms with Gasteiger partial charge in [0.05, 0.1) is 5.69 Å². The maximum atomic E-state index is 13.0. The van der Waals surface area contributed by atoms with E-state index < -0.39 is 0 Å². The Labute approximate surface area is 170 Å². The van der Waals surface area contributed by atoms with Gasteiger partial charge in [0, 0.05) is 17.9 Å². The van der Waals surface area contributed by atoms with E-state index in [-0.39, 0.29) is 17.6 Å². The van der Waals surface area contributed by atoms with E-state index in [2.05, 4.69) is 15.6 Å². The molecule has 6 nitrogen and oxygen atoms in total. The molecule has 0 unspecified atom stereocenters. The Hall–Kier alpha value is -3.41. The average Bonchev–Trinajstić information content (AvgIpc) is 3.11. The molecule has 2 amide bonds. The fourth-order valence-corrected chi connectivity index (χ4v) is 3.62. The zero-order chi connectivity index (χ0) is 20.4. The van der Waals surface area contributed by atoms with E-state index in [0.717, 1.165) is 41.8 Å². The Morgan fingerprint density at radius 2 is 1.69 bits per heavy atom. The number of nitrogens with one attached hydrogen (secondary N) is 2. The zero-order valence-electron chi connectivity index (χ0n) is 16.7. The first-order chi connectivity index (χ1) is 14.0. The third-order valence-corrected chi connectivity index (χ3v) is 5.24. The molecule has 0 saturated heterocycles. The summed E-state index contributed by atoms with van der Waals surface area (Å²) in [5.74, 6) is -0.290. The lowest BCUT2D eigenvalue weighted by molar-refractivity contribution is 0.101. The third kappa shape index (κ3) is 3.92. The number of carbonyl (C=O) groups excluding carboxylic acids is 2. The van der Waals surface area contributed by atoms with Crippen molar-refractivity contribution in [2.75, 3.05) is 10.6 Å². The van der Waals surface area contributed by atoms with Gasteiger partial charge in [-0.15, -0.1) is 0 Å². The van der Waals surface area contributed by atoms with Crippen LogP contribution in [-0.2, 0) is 13.0 Å². The molecule has 0 spiro atoms. The van der Waals surface area contributed by atoms with Gasteiger partial charge in [-0.05, 0) is 56.9 Å². The van der Waals surface area contributed by atoms with E-state index in [9.17, 15) is 9.59 Å². The van der Waals surface area contributed by atoms with Crippen LogP contribution in [0.1, 0.15) is 50.8 Å². The monoisotopic (exact) mass is 388 g/mol. The molecule has 6 heteroatoms. The smallest absolute Gasteiger partial charge is 0.291 e. The highest BCUT2D eigenvalue weighted by atomic mass is 16.2. The van der Waals surface area contributed by atoms with Gasteiger partial charge in [-0.3, -0.25) is 9.59 Å². The number of hydrogen-bond acceptors (Lipinski definition) is 3. The number of amides is 2. The Bertz CT molecular complexity index is 1070. The van der Waals surface area contributed by atoms with Crippen molar-refractivity contribution >= 4 is 23.2 Å². The van der Waals surface area contributed by atoms with Gasteiger partial charge in [0.25, 0.3) is 11.8 Å². The molecular weight excluding hydrogens is 364 g/mol. The molecule has 2 heterocycles. The molecule has 3 aromatic rings. The van der Waals surface area contributed by atoms with Crippen LogP contribution in [0, 0.1) is 13.8 Å². The maximum absolute atomic E-state index is 13.0. The molecule has 0 bridgehead atoms. The van der Waals surface area contributed by atoms with Crippen molar-refractivity contribution < 1.29 is 9.59 Å². The van der Waals surface area contributed by atoms with Gasteiger partial charge in [-0.1, -0.05) is 35.9 Å². The van der Waals surface area contributed by atoms with Crippen LogP contribution in [0.4, 0.5) is 11.4 Å². The van der Waals surface area contributed by atoms with E-state index in [0.29, 0.717) is 17.9 Å². The Balaban J connectivity index is 1.63. The van der Waals surface area contributed by atoms with Gasteiger partial charge in [0.2, 0.25) is 0 Å². The normalized spacial score (nSPS) is 12.9. The number of benzene rings is 2. The minimum atomic E-state index is -0.299. The molecule has 1 aliphatic rings. The quantitative estimate of drug-likeness (QED) is 0.698. The second kappa shape index (κ2) is 7.91. The predicted molar refractivity (Wildman–Crippen MR) is 113 cm³/mol. The van der Waals surface area contributed by atoms with Crippen molar-refractivity contribution in [2.45, 2.75) is 39.7 Å². The first kappa shape index (κ1) is 18.9. The van der Waals surface area contributed by atoms with E-state index in [4.69, 9.17) is 0 Å². The van der Waals surface area contributed by atoms with Crippen LogP contribution in [0.15, 0.2) is 48.5 Å². The van der Waals surface area contributed by atoms with Gasteiger partial charge in [0.15, 0.2) is 11.5 Å². The van der Waals surface area contributed by atoms with Gasteiger partial charge in [-0.2, -0.15) is 0 Å². The largest absolute Gasteiger partial charge is 0.323 e. The molecule has 0 fully saturated rings. The molecule has 1 aromatic heterocycles. The van der Waals surface area contributed by atoms with Crippen molar-refractivity contribution in [2.24, 2.45) is 0 Å². The Morgan fingerprint density at radius 1 is 0.931 bits per heavy atom. The number of hydrogen-bond donors (Lipinski definition) is 2. The maximum Gasteiger partial charge on any atom is 0.291 e. The molecular formula is C23H24N4O2. The van der Waals surface area contributed by atoms with Gasteiger partial charge >= 0.3 is 0 Å². The number of para-hydroxylation sites is 1. The zero-order valence-corrected chi connectivity index (χ0v) is 16.7. The SMILES string of the molecule is Cc1ccc(NC(=O)c2nc(C(=O)Nc3ccccc3C)c3n2CCCC3)cc1. The summed E-state index contributed by atoms with van der Waals surface area (Å²) in [4.78, 5) is 30.3. The first-order valence-corrected chi connectivity index (χ1v) is 9.87. The molecule has 0 atom stereocenters. The number of nitrogens with zero attached hydrogens (tertiary/aromatic N) is 2. The summed E-state index contributed by atoms with van der Waals surface area (Å²) in [6.07, 6.45) is 2.68. The van der Waals surface area contributed by atoms with Crippen molar-refractivity contribution in [3.63, 3.8) is 0 Å². The molecule has 0 radical (unpaired) electrons. The van der Waals surface area contributed by atoms with Crippen LogP contribution in [0.25, 0.3) is 0 Å². The van der Waals surface area contributed by atoms with Crippen molar-refractivity contribution in [1.29, 1.82) is 0 Å². The van der Waals surface area contributed by atoms with Crippen LogP contribution in [0.2, 0.25) is 0 Å². The average molecular weight is 388 g/mol. The second-order valence-electron chi connectivity index (χ2n) is 7.43. The molecule has 29 heavy (non-hydrogen) atoms. The minimum Gasteiger partial charge on any atom is -0.323 e. The van der Waals surface area contributed by atoms with E-state index in [1.165, 1.54) is 0 Å². The third-order valence-electron chi connectivity index (χ3n) is 5.24. The second-order valence-corrected chi connectivity index (χ2v) is 7.43. The van der Waals surface area contributed by atoms with Crippen LogP contribution in [0.3, 0.4) is 0 Å². The summed E-state index contributed by atoms with van der Waals surface area (Å²) in [7, 11) is 0. The van der Waals surface area contributed by atoms with Crippen LogP contribution in [0.5, 0.6) is 0 Å². The molecule has 0 saturated carbocycles. The molecule has 2 N–H and O–H groups in total. The highest BCUT2D eigenvalue weighted by Gasteiger charge is 2.27. The fraction of sp³-hybridized carbons (Fsp3) is 0.261. The summed E-state index contributed by atoms with van der Waals surface area (Å²) >= 11 is 0. The molecule has 148 valence electrons. The van der Waals surface area contributed by atoms with Crippen molar-refractivity contribution in [3.8, 4) is 0 Å². The number of carbonyl (C=O) groups is 2. The van der Waals surface area contributed by atoms with Crippen molar-refractivity contribution in [3.05, 3.63) is 76.9 Å². The summed E-state index contributed by atoms with van der Waals surface area (Å²) < 4.78 is 1.89. The molecule has 4 rings (SSSR count). The van der Waals surface area contributed by atoms with E-state index >= 15 is 0 Å². The fourth-order valence-electron chi connectivity index (χ4n) is 3.62. The lowest BCUT2D eigenvalue weighted by atomic mass is 10.1. The van der Waals surface area contributed by atoms with Gasteiger partial charge < -0.3 is 15.2 Å². The van der Waals surface area contributed by atoms with Crippen LogP contribution < -0.4 is 10.6 Å². The minimum absolute atomic E-state index is 0.278. The Morgan fingerprint density at radius 3 is 2.45 bits per heavy atom. The molecule has 0 aliphatic carbocycles. The number of rotatable bonds is 4.